The first kappa shape index (κ1) is 35.7. The van der Waals surface area contributed by atoms with Gasteiger partial charge < -0.3 is 25.2 Å². The van der Waals surface area contributed by atoms with Gasteiger partial charge in [-0.25, -0.2) is 19.2 Å². The van der Waals surface area contributed by atoms with E-state index in [1.807, 2.05) is 31.9 Å². The van der Waals surface area contributed by atoms with Crippen LogP contribution in [0.2, 0.25) is 0 Å². The largest absolute Gasteiger partial charge is 0.444 e. The highest BCUT2D eigenvalue weighted by Gasteiger charge is 2.27. The third-order valence-electron chi connectivity index (χ3n) is 7.50. The highest BCUT2D eigenvalue weighted by Crippen LogP contribution is 2.31. The van der Waals surface area contributed by atoms with Crippen LogP contribution in [0.3, 0.4) is 0 Å². The van der Waals surface area contributed by atoms with Crippen molar-refractivity contribution in [1.82, 2.24) is 24.3 Å². The van der Waals surface area contributed by atoms with Gasteiger partial charge in [0.25, 0.3) is 11.5 Å². The SMILES string of the molecule is CC(C)(C)OC(=O)N1CCN(c2ccc(N)cc2F)CC1.CSc1ncc2cc(C(=O)N(C)C)c(=O)n(C3CCCC3)c2n1.[B]. The smallest absolute Gasteiger partial charge is 0.410 e. The zero-order valence-corrected chi connectivity index (χ0v) is 27.7. The maximum absolute atomic E-state index is 13.9. The Morgan fingerprint density at radius 1 is 1.09 bits per heavy atom. The first-order chi connectivity index (χ1) is 20.8. The van der Waals surface area contributed by atoms with Crippen LogP contribution in [-0.4, -0.2) is 96.9 Å². The number of carbonyl (C=O) groups excluding carboxylic acids is 2. The molecule has 241 valence electrons. The second kappa shape index (κ2) is 15.0. The molecule has 3 aromatic rings. The molecule has 14 heteroatoms. The van der Waals surface area contributed by atoms with Crippen LogP contribution in [0.4, 0.5) is 20.6 Å². The molecule has 2 fully saturated rings. The number of nitrogen functional groups attached to an aromatic ring is 1. The summed E-state index contributed by atoms with van der Waals surface area (Å²) in [6, 6.07) is 6.40. The van der Waals surface area contributed by atoms with Crippen LogP contribution >= 0.6 is 11.8 Å². The molecule has 2 N–H and O–H groups in total. The Hall–Kier alpha value is -3.81. The van der Waals surface area contributed by atoms with Crippen LogP contribution in [0, 0.1) is 5.82 Å². The van der Waals surface area contributed by atoms with Gasteiger partial charge in [0.1, 0.15) is 22.6 Å². The lowest BCUT2D eigenvalue weighted by molar-refractivity contribution is 0.0240. The maximum Gasteiger partial charge on any atom is 0.410 e. The van der Waals surface area contributed by atoms with Gasteiger partial charge in [-0.3, -0.25) is 14.2 Å². The summed E-state index contributed by atoms with van der Waals surface area (Å²) in [6.45, 7) is 7.68. The number of anilines is 2. The molecule has 3 heterocycles. The van der Waals surface area contributed by atoms with Crippen molar-refractivity contribution in [3.63, 3.8) is 0 Å². The zero-order chi connectivity index (χ0) is 32.2. The molecule has 1 aliphatic carbocycles. The molecular formula is C31H42BFN7O4S. The number of pyridine rings is 1. The molecule has 11 nitrogen and oxygen atoms in total. The fraction of sp³-hybridized carbons (Fsp3) is 0.516. The molecule has 1 aromatic carbocycles. The molecule has 0 bridgehead atoms. The molecule has 3 radical (unpaired) electrons. The van der Waals surface area contributed by atoms with Crippen LogP contribution in [0.5, 0.6) is 0 Å². The number of ether oxygens (including phenoxy) is 1. The van der Waals surface area contributed by atoms with E-state index in [9.17, 15) is 18.8 Å². The Balaban J connectivity index is 0.000000241. The average molecular weight is 639 g/mol. The van der Waals surface area contributed by atoms with Crippen LogP contribution in [-0.2, 0) is 4.74 Å². The van der Waals surface area contributed by atoms with Gasteiger partial charge in [-0.2, -0.15) is 0 Å². The monoisotopic (exact) mass is 638 g/mol. The summed E-state index contributed by atoms with van der Waals surface area (Å²) in [7, 11) is 3.30. The number of rotatable bonds is 4. The van der Waals surface area contributed by atoms with Crippen molar-refractivity contribution in [2.75, 3.05) is 57.2 Å². The number of piperazine rings is 1. The van der Waals surface area contributed by atoms with Crippen LogP contribution < -0.4 is 16.2 Å². The standard InChI is InChI=1S/C16H20N4O2S.C15H22FN3O2.B/c1-19(2)14(21)12-8-10-9-17-16(23-3)18-13(10)20(15(12)22)11-6-4-5-7-11;1-15(2,3)21-14(20)19-8-6-18(7-9-19)13-5-4-11(17)10-12(13)16;/h8-9,11H,4-7H2,1-3H3;4-5,10H,6-9,17H2,1-3H3;. The lowest BCUT2D eigenvalue weighted by atomic mass is 10.1. The predicted octanol–water partition coefficient (Wildman–Crippen LogP) is 4.41. The van der Waals surface area contributed by atoms with Gasteiger partial charge in [0.15, 0.2) is 5.16 Å². The fourth-order valence-electron chi connectivity index (χ4n) is 5.33. The van der Waals surface area contributed by atoms with Crippen molar-refractivity contribution in [3.8, 4) is 0 Å². The van der Waals surface area contributed by atoms with E-state index in [2.05, 4.69) is 9.97 Å². The summed E-state index contributed by atoms with van der Waals surface area (Å²) in [4.78, 5) is 51.1. The number of halogens is 1. The molecule has 0 spiro atoms. The number of thioether (sulfide) groups is 1. The summed E-state index contributed by atoms with van der Waals surface area (Å²) in [5, 5.41) is 1.37. The number of aromatic nitrogens is 3. The first-order valence-corrected chi connectivity index (χ1v) is 16.0. The van der Waals surface area contributed by atoms with Crippen molar-refractivity contribution in [2.45, 2.75) is 63.3 Å². The third-order valence-corrected chi connectivity index (χ3v) is 8.07. The van der Waals surface area contributed by atoms with Gasteiger partial charge in [-0.1, -0.05) is 24.6 Å². The number of nitrogens with two attached hydrogens (primary N) is 1. The second-order valence-electron chi connectivity index (χ2n) is 12.2. The first-order valence-electron chi connectivity index (χ1n) is 14.7. The lowest BCUT2D eigenvalue weighted by Crippen LogP contribution is -2.50. The van der Waals surface area contributed by atoms with E-state index in [-0.39, 0.29) is 43.4 Å². The molecule has 1 saturated heterocycles. The average Bonchev–Trinajstić information content (AvgIpc) is 3.50. The van der Waals surface area contributed by atoms with Gasteiger partial charge >= 0.3 is 6.09 Å². The summed E-state index contributed by atoms with van der Waals surface area (Å²) in [5.74, 6) is -0.613. The van der Waals surface area contributed by atoms with Crippen molar-refractivity contribution in [2.24, 2.45) is 0 Å². The number of hydrogen-bond acceptors (Lipinski definition) is 9. The van der Waals surface area contributed by atoms with E-state index in [1.165, 1.54) is 22.7 Å². The molecule has 1 saturated carbocycles. The molecule has 0 unspecified atom stereocenters. The highest BCUT2D eigenvalue weighted by atomic mass is 32.2. The maximum atomic E-state index is 13.9. The predicted molar refractivity (Wildman–Crippen MR) is 178 cm³/mol. The van der Waals surface area contributed by atoms with Gasteiger partial charge in [0, 0.05) is 72.0 Å². The molecule has 45 heavy (non-hydrogen) atoms. The minimum atomic E-state index is -0.503. The minimum Gasteiger partial charge on any atom is -0.444 e. The van der Waals surface area contributed by atoms with Gasteiger partial charge in [-0.15, -0.1) is 0 Å². The zero-order valence-electron chi connectivity index (χ0n) is 26.9. The Labute approximate surface area is 269 Å². The molecule has 2 aromatic heterocycles. The summed E-state index contributed by atoms with van der Waals surface area (Å²) < 4.78 is 20.9. The molecular weight excluding hydrogens is 596 g/mol. The number of amides is 2. The molecule has 2 aliphatic rings. The Bertz CT molecular complexity index is 1570. The van der Waals surface area contributed by atoms with E-state index in [4.69, 9.17) is 10.5 Å². The van der Waals surface area contributed by atoms with Crippen LogP contribution in [0.25, 0.3) is 11.0 Å². The van der Waals surface area contributed by atoms with Gasteiger partial charge in [0.2, 0.25) is 0 Å². The van der Waals surface area contributed by atoms with Crippen molar-refractivity contribution < 1.29 is 18.7 Å². The number of nitrogens with zero attached hydrogens (tertiary/aromatic N) is 6. The van der Waals surface area contributed by atoms with E-state index in [0.29, 0.717) is 48.4 Å². The Morgan fingerprint density at radius 3 is 2.29 bits per heavy atom. The highest BCUT2D eigenvalue weighted by molar-refractivity contribution is 7.98. The van der Waals surface area contributed by atoms with Crippen molar-refractivity contribution >= 4 is 54.6 Å². The number of carbonyl (C=O) groups is 2. The molecule has 5 rings (SSSR count). The number of benzene rings is 1. The van der Waals surface area contributed by atoms with Crippen molar-refractivity contribution in [1.29, 1.82) is 0 Å². The molecule has 0 atom stereocenters. The Kier molecular flexibility index (Phi) is 11.9. The summed E-state index contributed by atoms with van der Waals surface area (Å²) in [5.41, 5.74) is 6.56. The third kappa shape index (κ3) is 8.68. The number of fused-ring (bicyclic) bond motifs is 1. The normalized spacial score (nSPS) is 15.3. The quantitative estimate of drug-likeness (QED) is 0.191. The summed E-state index contributed by atoms with van der Waals surface area (Å²) in [6.07, 6.45) is 7.39. The lowest BCUT2D eigenvalue weighted by Gasteiger charge is -2.36. The second-order valence-corrected chi connectivity index (χ2v) is 12.9. The topological polar surface area (TPSA) is 127 Å². The van der Waals surface area contributed by atoms with Crippen molar-refractivity contribution in [3.05, 3.63) is 52.2 Å². The van der Waals surface area contributed by atoms with Crippen LogP contribution in [0.1, 0.15) is 62.9 Å². The van der Waals surface area contributed by atoms with Gasteiger partial charge in [-0.05, 0) is 64.1 Å². The Morgan fingerprint density at radius 2 is 1.73 bits per heavy atom. The van der Waals surface area contributed by atoms with Crippen LogP contribution in [0.15, 0.2) is 40.4 Å². The van der Waals surface area contributed by atoms with Gasteiger partial charge in [0.05, 0.1) is 5.69 Å². The van der Waals surface area contributed by atoms with E-state index in [1.54, 1.807) is 48.0 Å². The fourth-order valence-corrected chi connectivity index (χ4v) is 5.67. The summed E-state index contributed by atoms with van der Waals surface area (Å²) >= 11 is 1.44. The molecule has 1 aliphatic heterocycles. The molecule has 2 amide bonds. The minimum absolute atomic E-state index is 0. The van der Waals surface area contributed by atoms with E-state index in [0.717, 1.165) is 31.1 Å². The van der Waals surface area contributed by atoms with E-state index >= 15 is 0 Å². The van der Waals surface area contributed by atoms with E-state index < -0.39 is 5.60 Å². The number of hydrogen-bond donors (Lipinski definition) is 1.